The van der Waals surface area contributed by atoms with E-state index in [1.807, 2.05) is 21.1 Å². The Labute approximate surface area is 652 Å². The summed E-state index contributed by atoms with van der Waals surface area (Å²) < 4.78 is 23.1. The number of ether oxygens (including phenoxy) is 4. The zero-order valence-corrected chi connectivity index (χ0v) is 70.4. The van der Waals surface area contributed by atoms with Crippen LogP contribution in [0.4, 0.5) is 0 Å². The van der Waals surface area contributed by atoms with E-state index in [4.69, 9.17) is 18.9 Å². The molecular formula is C96H176NO8+. The van der Waals surface area contributed by atoms with Gasteiger partial charge in [0, 0.05) is 12.8 Å². The Hall–Kier alpha value is -3.53. The monoisotopic (exact) mass is 1470 g/mol. The molecule has 0 aromatic rings. The molecular weight excluding hydrogens is 1300 g/mol. The van der Waals surface area contributed by atoms with Crippen LogP contribution in [0.2, 0.25) is 0 Å². The average molecular weight is 1470 g/mol. The van der Waals surface area contributed by atoms with Crippen LogP contribution >= 0.6 is 0 Å². The van der Waals surface area contributed by atoms with Gasteiger partial charge in [0.1, 0.15) is 13.2 Å². The largest absolute Gasteiger partial charge is 0.477 e. The molecule has 0 aliphatic heterocycles. The van der Waals surface area contributed by atoms with Gasteiger partial charge >= 0.3 is 17.9 Å². The second-order valence-electron chi connectivity index (χ2n) is 32.2. The topological polar surface area (TPSA) is 108 Å². The van der Waals surface area contributed by atoms with Crippen molar-refractivity contribution in [2.45, 2.75) is 463 Å². The van der Waals surface area contributed by atoms with Gasteiger partial charge in [-0.15, -0.1) is 0 Å². The molecule has 612 valence electrons. The van der Waals surface area contributed by atoms with Crippen LogP contribution < -0.4 is 0 Å². The minimum absolute atomic E-state index is 0.177. The predicted octanol–water partition coefficient (Wildman–Crippen LogP) is 30.1. The molecule has 0 spiro atoms. The highest BCUT2D eigenvalue weighted by molar-refractivity contribution is 5.71. The summed E-state index contributed by atoms with van der Waals surface area (Å²) in [5, 5.41) is 9.80. The lowest BCUT2D eigenvalue weighted by atomic mass is 10.0. The second kappa shape index (κ2) is 86.1. The molecule has 0 aromatic heterocycles. The first-order valence-electron chi connectivity index (χ1n) is 45.8. The summed E-state index contributed by atoms with van der Waals surface area (Å²) in [6, 6.07) is 0. The molecule has 0 rings (SSSR count). The van der Waals surface area contributed by atoms with Crippen molar-refractivity contribution >= 4 is 17.9 Å². The zero-order valence-electron chi connectivity index (χ0n) is 70.4. The minimum atomic E-state index is -1.51. The van der Waals surface area contributed by atoms with E-state index in [-0.39, 0.29) is 38.2 Å². The number of quaternary nitrogens is 1. The number of aliphatic carboxylic acids is 1. The van der Waals surface area contributed by atoms with Gasteiger partial charge in [-0.2, -0.15) is 0 Å². The Morgan fingerprint density at radius 3 is 0.810 bits per heavy atom. The van der Waals surface area contributed by atoms with Crippen molar-refractivity contribution in [1.29, 1.82) is 0 Å². The number of allylic oxidation sites excluding steroid dienone is 14. The van der Waals surface area contributed by atoms with Gasteiger partial charge in [-0.05, 0) is 89.9 Å². The first-order valence-corrected chi connectivity index (χ1v) is 45.8. The number of esters is 2. The zero-order chi connectivity index (χ0) is 76.0. The summed E-state index contributed by atoms with van der Waals surface area (Å²) in [7, 11) is 6.00. The van der Waals surface area contributed by atoms with Gasteiger partial charge in [0.25, 0.3) is 6.29 Å². The van der Waals surface area contributed by atoms with E-state index in [0.29, 0.717) is 17.4 Å². The van der Waals surface area contributed by atoms with E-state index in [1.54, 1.807) is 0 Å². The van der Waals surface area contributed by atoms with Crippen LogP contribution in [0.3, 0.4) is 0 Å². The molecule has 0 saturated carbocycles. The first kappa shape index (κ1) is 101. The van der Waals surface area contributed by atoms with E-state index in [2.05, 4.69) is 98.9 Å². The van der Waals surface area contributed by atoms with Gasteiger partial charge in [0.2, 0.25) is 0 Å². The standard InChI is InChI=1S/C96H175NO8/c1-6-8-10-12-14-16-18-20-22-24-26-28-30-32-34-36-38-40-42-44-46-47-49-51-53-55-57-59-61-63-65-67-69-71-73-75-77-79-81-83-85-87-94(99)105-92(91-104-96(95(100)101)102-89-88-97(3,4)5)90-103-93(98)86-84-82-80-78-76-74-72-70-68-66-64-62-60-58-56-54-52-50-48-45-43-41-39-37-35-33-31-29-27-25-23-21-19-17-15-13-11-9-7-2/h8,10,14,16,19-22,25-28,31,33,92,96H,6-7,9,11-13,15,17-18,23-24,29-30,32,34-91H2,1-5H3/p+1/b10-8-,16-14-,21-19-,22-20-,27-25-,28-26-,33-31-. The molecule has 1 N–H and O–H groups in total. The molecule has 0 heterocycles. The molecule has 0 radical (unpaired) electrons. The molecule has 0 saturated heterocycles. The fourth-order valence-electron chi connectivity index (χ4n) is 13.7. The average Bonchev–Trinajstić information content (AvgIpc) is 1.18. The molecule has 0 bridgehead atoms. The number of carboxylic acid groups (broad SMARTS) is 1. The normalized spacial score (nSPS) is 13.0. The second-order valence-corrected chi connectivity index (χ2v) is 32.2. The van der Waals surface area contributed by atoms with Crippen LogP contribution in [0.1, 0.15) is 450 Å². The summed E-state index contributed by atoms with van der Waals surface area (Å²) in [6.45, 7) is 4.83. The quantitative estimate of drug-likeness (QED) is 0.0211. The number of unbranched alkanes of at least 4 members (excludes halogenated alkanes) is 57. The number of hydrogen-bond donors (Lipinski definition) is 1. The van der Waals surface area contributed by atoms with Crippen LogP contribution in [-0.2, 0) is 33.3 Å². The van der Waals surface area contributed by atoms with Gasteiger partial charge in [-0.3, -0.25) is 9.59 Å². The molecule has 0 aromatic carbocycles. The first-order chi connectivity index (χ1) is 51.6. The van der Waals surface area contributed by atoms with E-state index in [1.165, 1.54) is 347 Å². The van der Waals surface area contributed by atoms with Crippen molar-refractivity contribution in [3.05, 3.63) is 85.1 Å². The summed E-state index contributed by atoms with van der Waals surface area (Å²) in [5.41, 5.74) is 0. The van der Waals surface area contributed by atoms with Gasteiger partial charge in [0.05, 0.1) is 34.4 Å². The number of nitrogens with zero attached hydrogens (tertiary/aromatic N) is 1. The molecule has 0 fully saturated rings. The predicted molar refractivity (Wildman–Crippen MR) is 456 cm³/mol. The maximum absolute atomic E-state index is 13.0. The molecule has 2 unspecified atom stereocenters. The van der Waals surface area contributed by atoms with Crippen molar-refractivity contribution in [2.24, 2.45) is 0 Å². The number of rotatable bonds is 86. The fraction of sp³-hybridized carbons (Fsp3) is 0.823. The molecule has 0 amide bonds. The lowest BCUT2D eigenvalue weighted by molar-refractivity contribution is -0.870. The van der Waals surface area contributed by atoms with Crippen molar-refractivity contribution < 1.29 is 42.9 Å². The summed E-state index contributed by atoms with van der Waals surface area (Å²) in [6.07, 6.45) is 117. The van der Waals surface area contributed by atoms with Crippen molar-refractivity contribution in [1.82, 2.24) is 0 Å². The summed E-state index contributed by atoms with van der Waals surface area (Å²) >= 11 is 0. The van der Waals surface area contributed by atoms with E-state index < -0.39 is 18.4 Å². The molecule has 0 aliphatic rings. The Balaban J connectivity index is 3.89. The highest BCUT2D eigenvalue weighted by atomic mass is 16.7. The van der Waals surface area contributed by atoms with Crippen LogP contribution in [0, 0.1) is 0 Å². The van der Waals surface area contributed by atoms with Crippen LogP contribution in [0.5, 0.6) is 0 Å². The number of carboxylic acids is 1. The minimum Gasteiger partial charge on any atom is -0.477 e. The number of likely N-dealkylation sites (N-methyl/N-ethyl adjacent to an activating group) is 1. The third-order valence-electron chi connectivity index (χ3n) is 20.6. The Morgan fingerprint density at radius 2 is 0.543 bits per heavy atom. The third-order valence-corrected chi connectivity index (χ3v) is 20.6. The Bertz CT molecular complexity index is 2010. The summed E-state index contributed by atoms with van der Waals surface area (Å²) in [5.74, 6) is -1.97. The Kier molecular flexibility index (Phi) is 83.2. The van der Waals surface area contributed by atoms with Gasteiger partial charge in [0.15, 0.2) is 6.10 Å². The smallest absolute Gasteiger partial charge is 0.361 e. The van der Waals surface area contributed by atoms with E-state index in [9.17, 15) is 19.5 Å². The molecule has 0 aliphatic carbocycles. The number of hydrogen-bond acceptors (Lipinski definition) is 7. The molecule has 2 atom stereocenters. The fourth-order valence-corrected chi connectivity index (χ4v) is 13.7. The van der Waals surface area contributed by atoms with Crippen LogP contribution in [0.25, 0.3) is 0 Å². The molecule has 9 nitrogen and oxygen atoms in total. The highest BCUT2D eigenvalue weighted by Gasteiger charge is 2.25. The van der Waals surface area contributed by atoms with Crippen molar-refractivity contribution in [2.75, 3.05) is 47.5 Å². The summed E-state index contributed by atoms with van der Waals surface area (Å²) in [4.78, 5) is 37.8. The maximum Gasteiger partial charge on any atom is 0.361 e. The van der Waals surface area contributed by atoms with E-state index in [0.717, 1.165) is 77.0 Å². The maximum atomic E-state index is 13.0. The van der Waals surface area contributed by atoms with Crippen molar-refractivity contribution in [3.8, 4) is 0 Å². The highest BCUT2D eigenvalue weighted by Crippen LogP contribution is 2.21. The SMILES string of the molecule is CC/C=C\C/C=C\C/C=C\C/C=C\CCCCCCCCCCCCCCCCCCCCCCCCCCCCCCC(=O)OC(COC(=O)CCCCCCCCCCCCCCCCCCCCCCCCCC/C=C\C/C=C\C/C=C\CCCCCCC)COC(OCC[N+](C)(C)C)C(=O)O. The number of carbonyl (C=O) groups is 3. The van der Waals surface area contributed by atoms with Gasteiger partial charge in [-0.1, -0.05) is 433 Å². The van der Waals surface area contributed by atoms with Gasteiger partial charge < -0.3 is 28.5 Å². The third kappa shape index (κ3) is 87.6. The Morgan fingerprint density at radius 1 is 0.295 bits per heavy atom. The lowest BCUT2D eigenvalue weighted by Gasteiger charge is -2.25. The molecule has 105 heavy (non-hydrogen) atoms. The lowest BCUT2D eigenvalue weighted by Crippen LogP contribution is -2.40. The van der Waals surface area contributed by atoms with E-state index >= 15 is 0 Å². The van der Waals surface area contributed by atoms with Crippen LogP contribution in [0.15, 0.2) is 85.1 Å². The van der Waals surface area contributed by atoms with Crippen molar-refractivity contribution in [3.63, 3.8) is 0 Å². The molecule has 9 heteroatoms. The van der Waals surface area contributed by atoms with Crippen LogP contribution in [-0.4, -0.2) is 87.4 Å². The number of carbonyl (C=O) groups excluding carboxylic acids is 2. The van der Waals surface area contributed by atoms with Gasteiger partial charge in [-0.25, -0.2) is 4.79 Å².